The molecule has 0 aliphatic rings. The summed E-state index contributed by atoms with van der Waals surface area (Å²) < 4.78 is 50.2. The van der Waals surface area contributed by atoms with E-state index < -0.39 is 40.9 Å². The van der Waals surface area contributed by atoms with Crippen molar-refractivity contribution < 1.29 is 32.2 Å². The van der Waals surface area contributed by atoms with Gasteiger partial charge in [0, 0.05) is 30.3 Å². The molecule has 0 bridgehead atoms. The standard InChI is InChI=1S/C17H15F3N2O4/c1-25-16-9(4-3-5-21-16)6-13(17(24)26-2)22-15(23)14-11(19)7-10(18)8-12(14)20/h3-5,7-8,13H,6H2,1-2H3,(H,22,23)/t13-/m1/s1. The highest BCUT2D eigenvalue weighted by molar-refractivity contribution is 5.97. The van der Waals surface area contributed by atoms with Crippen LogP contribution in [0.15, 0.2) is 30.5 Å². The Morgan fingerprint density at radius 3 is 2.42 bits per heavy atom. The van der Waals surface area contributed by atoms with Crippen LogP contribution in [-0.2, 0) is 16.0 Å². The van der Waals surface area contributed by atoms with Gasteiger partial charge in [-0.3, -0.25) is 4.79 Å². The van der Waals surface area contributed by atoms with Gasteiger partial charge in [0.25, 0.3) is 5.91 Å². The van der Waals surface area contributed by atoms with Crippen LogP contribution in [0.5, 0.6) is 5.88 Å². The molecule has 1 amide bonds. The number of halogens is 3. The van der Waals surface area contributed by atoms with Crippen molar-refractivity contribution in [2.24, 2.45) is 0 Å². The zero-order valence-corrected chi connectivity index (χ0v) is 13.9. The molecule has 1 aromatic heterocycles. The number of aromatic nitrogens is 1. The summed E-state index contributed by atoms with van der Waals surface area (Å²) in [5, 5.41) is 2.19. The van der Waals surface area contributed by atoms with Crippen LogP contribution < -0.4 is 10.1 Å². The Balaban J connectivity index is 2.29. The van der Waals surface area contributed by atoms with E-state index in [1.165, 1.54) is 13.3 Å². The predicted molar refractivity (Wildman–Crippen MR) is 84.1 cm³/mol. The van der Waals surface area contributed by atoms with E-state index in [1.807, 2.05) is 0 Å². The second-order valence-electron chi connectivity index (χ2n) is 5.17. The third-order valence-electron chi connectivity index (χ3n) is 3.49. The normalized spacial score (nSPS) is 11.6. The fraction of sp³-hybridized carbons (Fsp3) is 0.235. The van der Waals surface area contributed by atoms with Gasteiger partial charge in [-0.2, -0.15) is 0 Å². The summed E-state index contributed by atoms with van der Waals surface area (Å²) in [6.07, 6.45) is 1.37. The Morgan fingerprint density at radius 1 is 1.19 bits per heavy atom. The molecule has 0 spiro atoms. The molecule has 2 rings (SSSR count). The smallest absolute Gasteiger partial charge is 0.328 e. The molecule has 1 aromatic carbocycles. The average Bonchev–Trinajstić information content (AvgIpc) is 2.60. The molecule has 138 valence electrons. The number of methoxy groups -OCH3 is 2. The van der Waals surface area contributed by atoms with Crippen molar-refractivity contribution in [3.05, 3.63) is 59.0 Å². The van der Waals surface area contributed by atoms with E-state index in [0.29, 0.717) is 17.7 Å². The van der Waals surface area contributed by atoms with Crippen LogP contribution in [-0.4, -0.2) is 37.1 Å². The minimum atomic E-state index is -1.39. The molecular weight excluding hydrogens is 353 g/mol. The van der Waals surface area contributed by atoms with Gasteiger partial charge in [0.2, 0.25) is 5.88 Å². The number of carbonyl (C=O) groups excluding carboxylic acids is 2. The van der Waals surface area contributed by atoms with Crippen molar-refractivity contribution in [1.82, 2.24) is 10.3 Å². The molecule has 2 aromatic rings. The molecule has 0 saturated heterocycles. The molecule has 6 nitrogen and oxygen atoms in total. The van der Waals surface area contributed by atoms with Gasteiger partial charge < -0.3 is 14.8 Å². The molecule has 0 unspecified atom stereocenters. The summed E-state index contributed by atoms with van der Waals surface area (Å²) in [6.45, 7) is 0. The highest BCUT2D eigenvalue weighted by Crippen LogP contribution is 2.18. The summed E-state index contributed by atoms with van der Waals surface area (Å²) in [4.78, 5) is 28.1. The van der Waals surface area contributed by atoms with Crippen LogP contribution in [0.4, 0.5) is 13.2 Å². The first kappa shape index (κ1) is 19.2. The lowest BCUT2D eigenvalue weighted by atomic mass is 10.1. The number of hydrogen-bond acceptors (Lipinski definition) is 5. The second kappa shape index (κ2) is 8.32. The van der Waals surface area contributed by atoms with Gasteiger partial charge in [0.05, 0.1) is 14.2 Å². The van der Waals surface area contributed by atoms with Crippen molar-refractivity contribution in [1.29, 1.82) is 0 Å². The van der Waals surface area contributed by atoms with Crippen molar-refractivity contribution >= 4 is 11.9 Å². The molecule has 26 heavy (non-hydrogen) atoms. The van der Waals surface area contributed by atoms with Gasteiger partial charge in [-0.05, 0) is 6.07 Å². The van der Waals surface area contributed by atoms with E-state index in [1.54, 1.807) is 12.1 Å². The van der Waals surface area contributed by atoms with Crippen LogP contribution in [0.1, 0.15) is 15.9 Å². The number of amides is 1. The first-order valence-corrected chi connectivity index (χ1v) is 7.38. The number of nitrogens with one attached hydrogen (secondary N) is 1. The quantitative estimate of drug-likeness (QED) is 0.790. The average molecular weight is 368 g/mol. The molecule has 1 N–H and O–H groups in total. The molecule has 1 heterocycles. The Bertz CT molecular complexity index is 806. The summed E-state index contributed by atoms with van der Waals surface area (Å²) in [7, 11) is 2.47. The number of carbonyl (C=O) groups is 2. The number of nitrogens with zero attached hydrogens (tertiary/aromatic N) is 1. The zero-order valence-electron chi connectivity index (χ0n) is 13.9. The summed E-state index contributed by atoms with van der Waals surface area (Å²) in [6, 6.07) is 2.67. The van der Waals surface area contributed by atoms with Crippen molar-refractivity contribution in [3.63, 3.8) is 0 Å². The van der Waals surface area contributed by atoms with Crippen LogP contribution in [0.2, 0.25) is 0 Å². The third kappa shape index (κ3) is 4.29. The Hall–Kier alpha value is -3.10. The maximum Gasteiger partial charge on any atom is 0.328 e. The lowest BCUT2D eigenvalue weighted by molar-refractivity contribution is -0.142. The Morgan fingerprint density at radius 2 is 1.85 bits per heavy atom. The van der Waals surface area contributed by atoms with Crippen LogP contribution in [0, 0.1) is 17.5 Å². The van der Waals surface area contributed by atoms with E-state index in [0.717, 1.165) is 7.11 Å². The summed E-state index contributed by atoms with van der Waals surface area (Å²) in [5.74, 6) is -5.79. The zero-order chi connectivity index (χ0) is 19.3. The second-order valence-corrected chi connectivity index (χ2v) is 5.17. The number of esters is 1. The van der Waals surface area contributed by atoms with E-state index in [2.05, 4.69) is 15.0 Å². The molecule has 0 aliphatic heterocycles. The SMILES string of the molecule is COC(=O)[C@@H](Cc1cccnc1OC)NC(=O)c1c(F)cc(F)cc1F. The number of ether oxygens (including phenoxy) is 2. The Labute approximate surface area is 146 Å². The van der Waals surface area contributed by atoms with Gasteiger partial charge in [-0.15, -0.1) is 0 Å². The van der Waals surface area contributed by atoms with Crippen molar-refractivity contribution in [3.8, 4) is 5.88 Å². The van der Waals surface area contributed by atoms with Gasteiger partial charge in [-0.1, -0.05) is 6.07 Å². The number of benzene rings is 1. The molecular formula is C17H15F3N2O4. The molecule has 1 atom stereocenters. The fourth-order valence-corrected chi connectivity index (χ4v) is 2.31. The number of hydrogen-bond donors (Lipinski definition) is 1. The highest BCUT2D eigenvalue weighted by atomic mass is 19.1. The molecule has 0 fully saturated rings. The first-order chi connectivity index (χ1) is 12.4. The van der Waals surface area contributed by atoms with Crippen molar-refractivity contribution in [2.45, 2.75) is 12.5 Å². The van der Waals surface area contributed by atoms with Crippen LogP contribution >= 0.6 is 0 Å². The summed E-state index contributed by atoms with van der Waals surface area (Å²) >= 11 is 0. The maximum atomic E-state index is 13.8. The first-order valence-electron chi connectivity index (χ1n) is 7.38. The Kier molecular flexibility index (Phi) is 6.16. The monoisotopic (exact) mass is 368 g/mol. The summed E-state index contributed by atoms with van der Waals surface area (Å²) in [5.41, 5.74) is -0.538. The minimum Gasteiger partial charge on any atom is -0.481 e. The number of rotatable bonds is 6. The fourth-order valence-electron chi connectivity index (χ4n) is 2.31. The predicted octanol–water partition coefficient (Wildman–Crippen LogP) is 2.02. The van der Waals surface area contributed by atoms with E-state index in [4.69, 9.17) is 4.74 Å². The lowest BCUT2D eigenvalue weighted by Gasteiger charge is -2.18. The molecule has 0 aliphatic carbocycles. The van der Waals surface area contributed by atoms with Gasteiger partial charge >= 0.3 is 5.97 Å². The van der Waals surface area contributed by atoms with Gasteiger partial charge in [-0.25, -0.2) is 22.9 Å². The van der Waals surface area contributed by atoms with E-state index in [-0.39, 0.29) is 12.3 Å². The van der Waals surface area contributed by atoms with Gasteiger partial charge in [0.15, 0.2) is 0 Å². The highest BCUT2D eigenvalue weighted by Gasteiger charge is 2.27. The molecule has 0 saturated carbocycles. The lowest BCUT2D eigenvalue weighted by Crippen LogP contribution is -2.43. The number of pyridine rings is 1. The molecule has 0 radical (unpaired) electrons. The molecule has 9 heteroatoms. The van der Waals surface area contributed by atoms with E-state index >= 15 is 0 Å². The van der Waals surface area contributed by atoms with Gasteiger partial charge in [0.1, 0.15) is 29.1 Å². The maximum absolute atomic E-state index is 13.8. The van der Waals surface area contributed by atoms with Crippen LogP contribution in [0.25, 0.3) is 0 Å². The van der Waals surface area contributed by atoms with Crippen LogP contribution in [0.3, 0.4) is 0 Å². The third-order valence-corrected chi connectivity index (χ3v) is 3.49. The van der Waals surface area contributed by atoms with E-state index in [9.17, 15) is 22.8 Å². The largest absolute Gasteiger partial charge is 0.481 e. The minimum absolute atomic E-state index is 0.0974. The topological polar surface area (TPSA) is 77.5 Å². The van der Waals surface area contributed by atoms with Crippen molar-refractivity contribution in [2.75, 3.05) is 14.2 Å².